The molecule has 22 heavy (non-hydrogen) atoms. The molecule has 0 radical (unpaired) electrons. The molecule has 0 atom stereocenters. The molecule has 0 saturated carbocycles. The molecule has 0 saturated heterocycles. The van der Waals surface area contributed by atoms with Crippen molar-refractivity contribution >= 4 is 28.3 Å². The van der Waals surface area contributed by atoms with Crippen molar-refractivity contribution in [3.8, 4) is 11.5 Å². The van der Waals surface area contributed by atoms with Gasteiger partial charge < -0.3 is 10.2 Å². The summed E-state index contributed by atoms with van der Waals surface area (Å²) < 4.78 is 5.39. The molecule has 3 aromatic rings. The van der Waals surface area contributed by atoms with Gasteiger partial charge in [-0.05, 0) is 37.2 Å². The minimum atomic E-state index is 0.0351. The molecule has 1 aromatic carbocycles. The van der Waals surface area contributed by atoms with Gasteiger partial charge in [0.15, 0.2) is 11.5 Å². The first kappa shape index (κ1) is 14.8. The van der Waals surface area contributed by atoms with E-state index in [0.717, 1.165) is 5.39 Å². The number of carbonyl (C=O) groups excluding carboxylic acids is 1. The highest BCUT2D eigenvalue weighted by Crippen LogP contribution is 2.30. The summed E-state index contributed by atoms with van der Waals surface area (Å²) >= 11 is 6.25. The Kier molecular flexibility index (Phi) is 4.22. The Morgan fingerprint density at radius 2 is 2.14 bits per heavy atom. The molecule has 0 aliphatic carbocycles. The standard InChI is InChI=1S/C17H15ClN2O2/c18-13-5-1-4-11-12(15(21)6-2-8-19)10-14(20-17(11)13)16-7-3-9-22-16/h1,3-5,7,9-10H,2,6,8,19H2. The van der Waals surface area contributed by atoms with Crippen molar-refractivity contribution in [3.63, 3.8) is 0 Å². The summed E-state index contributed by atoms with van der Waals surface area (Å²) in [6.07, 6.45) is 2.63. The fourth-order valence-electron chi connectivity index (χ4n) is 2.39. The molecule has 2 N–H and O–H groups in total. The van der Waals surface area contributed by atoms with Gasteiger partial charge in [0.25, 0.3) is 0 Å². The van der Waals surface area contributed by atoms with Crippen LogP contribution in [-0.2, 0) is 0 Å². The number of ketones is 1. The molecule has 0 aliphatic heterocycles. The number of furan rings is 1. The highest BCUT2D eigenvalue weighted by atomic mass is 35.5. The van der Waals surface area contributed by atoms with Crippen molar-refractivity contribution < 1.29 is 9.21 Å². The minimum Gasteiger partial charge on any atom is -0.463 e. The van der Waals surface area contributed by atoms with Crippen LogP contribution in [0.25, 0.3) is 22.4 Å². The van der Waals surface area contributed by atoms with Gasteiger partial charge in [0.05, 0.1) is 16.8 Å². The van der Waals surface area contributed by atoms with E-state index in [4.69, 9.17) is 21.8 Å². The van der Waals surface area contributed by atoms with E-state index in [0.29, 0.717) is 46.9 Å². The van der Waals surface area contributed by atoms with Crippen molar-refractivity contribution in [2.75, 3.05) is 6.54 Å². The van der Waals surface area contributed by atoms with Crippen molar-refractivity contribution in [2.24, 2.45) is 5.73 Å². The van der Waals surface area contributed by atoms with Gasteiger partial charge in [-0.2, -0.15) is 0 Å². The van der Waals surface area contributed by atoms with Crippen LogP contribution >= 0.6 is 11.6 Å². The van der Waals surface area contributed by atoms with Crippen LogP contribution in [0.15, 0.2) is 47.1 Å². The van der Waals surface area contributed by atoms with Crippen molar-refractivity contribution in [1.82, 2.24) is 4.98 Å². The number of Topliss-reactive ketones (excluding diaryl/α,β-unsaturated/α-hetero) is 1. The lowest BCUT2D eigenvalue weighted by molar-refractivity contribution is 0.0982. The Morgan fingerprint density at radius 1 is 1.27 bits per heavy atom. The van der Waals surface area contributed by atoms with E-state index in [1.165, 1.54) is 0 Å². The number of hydrogen-bond acceptors (Lipinski definition) is 4. The molecule has 0 unspecified atom stereocenters. The van der Waals surface area contributed by atoms with Gasteiger partial charge in [-0.15, -0.1) is 0 Å². The number of nitrogens with two attached hydrogens (primary N) is 1. The quantitative estimate of drug-likeness (QED) is 0.721. The smallest absolute Gasteiger partial charge is 0.163 e. The molecule has 112 valence electrons. The van der Waals surface area contributed by atoms with E-state index in [-0.39, 0.29) is 5.78 Å². The van der Waals surface area contributed by atoms with Gasteiger partial charge in [0, 0.05) is 17.4 Å². The second-order valence-corrected chi connectivity index (χ2v) is 5.39. The molecule has 2 aromatic heterocycles. The van der Waals surface area contributed by atoms with Crippen LogP contribution in [0.3, 0.4) is 0 Å². The van der Waals surface area contributed by atoms with E-state index in [1.807, 2.05) is 12.1 Å². The number of carbonyl (C=O) groups is 1. The Morgan fingerprint density at radius 3 is 2.86 bits per heavy atom. The summed E-state index contributed by atoms with van der Waals surface area (Å²) in [6, 6.07) is 10.8. The first-order valence-electron chi connectivity index (χ1n) is 7.07. The Bertz CT molecular complexity index is 813. The molecule has 0 amide bonds. The van der Waals surface area contributed by atoms with Crippen molar-refractivity contribution in [1.29, 1.82) is 0 Å². The van der Waals surface area contributed by atoms with Crippen LogP contribution in [0.1, 0.15) is 23.2 Å². The molecule has 3 rings (SSSR count). The monoisotopic (exact) mass is 314 g/mol. The molecular formula is C17H15ClN2O2. The van der Waals surface area contributed by atoms with Crippen LogP contribution in [0, 0.1) is 0 Å². The third-order valence-electron chi connectivity index (χ3n) is 3.47. The van der Waals surface area contributed by atoms with Crippen LogP contribution in [-0.4, -0.2) is 17.3 Å². The highest BCUT2D eigenvalue weighted by Gasteiger charge is 2.16. The first-order chi connectivity index (χ1) is 10.7. The fraction of sp³-hybridized carbons (Fsp3) is 0.176. The van der Waals surface area contributed by atoms with Gasteiger partial charge in [-0.3, -0.25) is 4.79 Å². The third kappa shape index (κ3) is 2.75. The molecular weight excluding hydrogens is 300 g/mol. The minimum absolute atomic E-state index is 0.0351. The van der Waals surface area contributed by atoms with Crippen molar-refractivity contribution in [3.05, 3.63) is 53.2 Å². The summed E-state index contributed by atoms with van der Waals surface area (Å²) in [5.41, 5.74) is 7.31. The maximum absolute atomic E-state index is 12.5. The molecule has 2 heterocycles. The van der Waals surface area contributed by atoms with Gasteiger partial charge >= 0.3 is 0 Å². The molecule has 0 spiro atoms. The molecule has 0 bridgehead atoms. The summed E-state index contributed by atoms with van der Waals surface area (Å²) in [5, 5.41) is 1.27. The predicted molar refractivity (Wildman–Crippen MR) is 87.1 cm³/mol. The second kappa shape index (κ2) is 6.30. The highest BCUT2D eigenvalue weighted by molar-refractivity contribution is 6.35. The first-order valence-corrected chi connectivity index (χ1v) is 7.45. The molecule has 0 aliphatic rings. The van der Waals surface area contributed by atoms with Crippen LogP contribution in [0.4, 0.5) is 0 Å². The van der Waals surface area contributed by atoms with E-state index >= 15 is 0 Å². The van der Waals surface area contributed by atoms with Crippen LogP contribution in [0.5, 0.6) is 0 Å². The lowest BCUT2D eigenvalue weighted by Gasteiger charge is -2.09. The van der Waals surface area contributed by atoms with Gasteiger partial charge in [0.2, 0.25) is 0 Å². The number of para-hydroxylation sites is 1. The van der Waals surface area contributed by atoms with E-state index in [9.17, 15) is 4.79 Å². The lowest BCUT2D eigenvalue weighted by Crippen LogP contribution is -2.06. The number of hydrogen-bond donors (Lipinski definition) is 1. The molecule has 0 fully saturated rings. The van der Waals surface area contributed by atoms with Crippen LogP contribution < -0.4 is 5.73 Å². The molecule has 5 heteroatoms. The normalized spacial score (nSPS) is 11.0. The maximum atomic E-state index is 12.5. The van der Waals surface area contributed by atoms with Crippen LogP contribution in [0.2, 0.25) is 5.02 Å². The zero-order valence-corrected chi connectivity index (χ0v) is 12.6. The number of nitrogens with zero attached hydrogens (tertiary/aromatic N) is 1. The number of rotatable bonds is 5. The largest absolute Gasteiger partial charge is 0.463 e. The SMILES string of the molecule is NCCCC(=O)c1cc(-c2ccco2)nc2c(Cl)cccc12. The zero-order chi connectivity index (χ0) is 15.5. The Balaban J connectivity index is 2.20. The predicted octanol–water partition coefficient (Wildman–Crippen LogP) is 4.07. The summed E-state index contributed by atoms with van der Waals surface area (Å²) in [6.45, 7) is 0.487. The Labute approximate surface area is 132 Å². The Hall–Kier alpha value is -2.17. The summed E-state index contributed by atoms with van der Waals surface area (Å²) in [7, 11) is 0. The maximum Gasteiger partial charge on any atom is 0.163 e. The number of fused-ring (bicyclic) bond motifs is 1. The average Bonchev–Trinajstić information content (AvgIpc) is 3.06. The number of pyridine rings is 1. The van der Waals surface area contributed by atoms with Crippen molar-refractivity contribution in [2.45, 2.75) is 12.8 Å². The number of halogens is 1. The van der Waals surface area contributed by atoms with E-state index < -0.39 is 0 Å². The summed E-state index contributed by atoms with van der Waals surface area (Å²) in [5.74, 6) is 0.641. The number of aromatic nitrogens is 1. The van der Waals surface area contributed by atoms with Gasteiger partial charge in [-0.1, -0.05) is 23.7 Å². The van der Waals surface area contributed by atoms with E-state index in [1.54, 1.807) is 30.5 Å². The topological polar surface area (TPSA) is 69.1 Å². The fourth-order valence-corrected chi connectivity index (χ4v) is 2.61. The third-order valence-corrected chi connectivity index (χ3v) is 3.78. The lowest BCUT2D eigenvalue weighted by atomic mass is 10.0. The molecule has 4 nitrogen and oxygen atoms in total. The average molecular weight is 315 g/mol. The van der Waals surface area contributed by atoms with Gasteiger partial charge in [0.1, 0.15) is 5.69 Å². The van der Waals surface area contributed by atoms with E-state index in [2.05, 4.69) is 4.98 Å². The van der Waals surface area contributed by atoms with Gasteiger partial charge in [-0.25, -0.2) is 4.98 Å². The number of benzene rings is 1. The zero-order valence-electron chi connectivity index (χ0n) is 11.9. The summed E-state index contributed by atoms with van der Waals surface area (Å²) in [4.78, 5) is 17.0. The second-order valence-electron chi connectivity index (χ2n) is 4.98.